The number of fused-ring (bicyclic) bond motifs is 1. The summed E-state index contributed by atoms with van der Waals surface area (Å²) in [5, 5.41) is -0.891. The maximum absolute atomic E-state index is 14.7. The molecule has 1 aromatic heterocycles. The molecule has 0 amide bonds. The largest absolute Gasteiger partial charge is 0.458 e. The predicted molar refractivity (Wildman–Crippen MR) is 209 cm³/mol. The number of ether oxygens (including phenoxy) is 6. The van der Waals surface area contributed by atoms with Gasteiger partial charge in [0.2, 0.25) is 0 Å². The highest BCUT2D eigenvalue weighted by molar-refractivity contribution is 8.00. The number of aromatic amines is 1. The normalized spacial score (nSPS) is 38.3. The molecule has 57 heavy (non-hydrogen) atoms. The standard InChI is InChI=1S/C40H61N3O13S/c1-13-27-40(9)29(33(36(49)56-40)57-17-16-43-15-14-28(45)41-38(43)50)22(4)30(46)20(2)19-39(8,51-12)34(23(5)31(47)24(6)35(48)54-27)55-37-32(53-25(7)44)26(42(10)11)18-21(3)52-37/h14-15,20-24,26-27,29,32-34,37H,13,16-19H2,1-12H3,(H,41,45,50)/t20-,21-,22-,23+,24-,26+,27-,29+,32-,33+,34-,37+,39-,40-/m1/s1. The summed E-state index contributed by atoms with van der Waals surface area (Å²) < 4.78 is 38.5. The van der Waals surface area contributed by atoms with Gasteiger partial charge >= 0.3 is 23.6 Å². The van der Waals surface area contributed by atoms with Crippen LogP contribution in [0.15, 0.2) is 21.9 Å². The number of ketones is 2. The number of nitrogens with zero attached hydrogens (tertiary/aromatic N) is 2. The van der Waals surface area contributed by atoms with Gasteiger partial charge in [-0.2, -0.15) is 0 Å². The van der Waals surface area contributed by atoms with Crippen molar-refractivity contribution in [2.75, 3.05) is 27.0 Å². The van der Waals surface area contributed by atoms with E-state index in [1.54, 1.807) is 41.5 Å². The molecule has 17 heteroatoms. The molecule has 0 unspecified atom stereocenters. The smallest absolute Gasteiger partial charge is 0.328 e. The highest BCUT2D eigenvalue weighted by atomic mass is 32.2. The van der Waals surface area contributed by atoms with E-state index in [0.717, 1.165) is 0 Å². The first-order chi connectivity index (χ1) is 26.6. The number of Topliss-reactive ketones (excluding diaryl/α,β-unsaturated/α-hetero) is 2. The summed E-state index contributed by atoms with van der Waals surface area (Å²) >= 11 is 1.21. The fourth-order valence-electron chi connectivity index (χ4n) is 8.95. The van der Waals surface area contributed by atoms with Crippen LogP contribution in [0.25, 0.3) is 0 Å². The zero-order valence-corrected chi connectivity index (χ0v) is 36.0. The lowest BCUT2D eigenvalue weighted by molar-refractivity contribution is -0.298. The Labute approximate surface area is 338 Å². The Morgan fingerprint density at radius 2 is 1.68 bits per heavy atom. The number of carbonyl (C=O) groups excluding carboxylic acids is 5. The quantitative estimate of drug-likeness (QED) is 0.205. The van der Waals surface area contributed by atoms with Crippen LogP contribution in [0, 0.1) is 29.6 Å². The third-order valence-electron chi connectivity index (χ3n) is 12.1. The molecule has 0 saturated carbocycles. The Morgan fingerprint density at radius 1 is 1.02 bits per heavy atom. The molecule has 1 N–H and O–H groups in total. The third kappa shape index (κ3) is 9.91. The average molecular weight is 824 g/mol. The molecule has 1 aromatic rings. The number of aromatic nitrogens is 2. The molecule has 0 bridgehead atoms. The van der Waals surface area contributed by atoms with Gasteiger partial charge < -0.3 is 33.3 Å². The first kappa shape index (κ1) is 46.3. The van der Waals surface area contributed by atoms with Gasteiger partial charge in [0.1, 0.15) is 23.1 Å². The number of methoxy groups -OCH3 is 1. The summed E-state index contributed by atoms with van der Waals surface area (Å²) in [6, 6.07) is 0.931. The molecule has 3 fully saturated rings. The van der Waals surface area contributed by atoms with Crippen molar-refractivity contribution >= 4 is 41.2 Å². The van der Waals surface area contributed by atoms with Crippen LogP contribution in [0.2, 0.25) is 0 Å². The summed E-state index contributed by atoms with van der Waals surface area (Å²) in [6.45, 7) is 15.1. The van der Waals surface area contributed by atoms with Gasteiger partial charge in [-0.05, 0) is 61.1 Å². The van der Waals surface area contributed by atoms with E-state index in [0.29, 0.717) is 6.42 Å². The Balaban J connectivity index is 1.77. The van der Waals surface area contributed by atoms with Crippen LogP contribution in [0.1, 0.15) is 81.6 Å². The second-order valence-corrected chi connectivity index (χ2v) is 17.7. The molecule has 3 aliphatic rings. The first-order valence-corrected chi connectivity index (χ1v) is 20.8. The molecule has 4 rings (SSSR count). The molecule has 320 valence electrons. The molecule has 4 heterocycles. The number of likely N-dealkylation sites (N-methyl/N-ethyl adjacent to an activating group) is 1. The number of nitrogens with one attached hydrogen (secondary N) is 1. The number of cyclic esters (lactones) is 1. The van der Waals surface area contributed by atoms with Crippen LogP contribution < -0.4 is 11.2 Å². The number of carbonyl (C=O) groups is 5. The number of hydrogen-bond donors (Lipinski definition) is 1. The van der Waals surface area contributed by atoms with Gasteiger partial charge in [0.05, 0.1) is 23.9 Å². The number of hydrogen-bond acceptors (Lipinski definition) is 15. The van der Waals surface area contributed by atoms with Crippen molar-refractivity contribution in [2.45, 2.75) is 141 Å². The molecule has 0 aromatic carbocycles. The van der Waals surface area contributed by atoms with Crippen LogP contribution in [0.3, 0.4) is 0 Å². The van der Waals surface area contributed by atoms with Crippen LogP contribution in [0.5, 0.6) is 0 Å². The lowest BCUT2D eigenvalue weighted by Crippen LogP contribution is -2.60. The second-order valence-electron chi connectivity index (χ2n) is 16.5. The zero-order chi connectivity index (χ0) is 42.7. The number of aryl methyl sites for hydroxylation is 1. The monoisotopic (exact) mass is 823 g/mol. The summed E-state index contributed by atoms with van der Waals surface area (Å²) in [7, 11) is 5.18. The van der Waals surface area contributed by atoms with Crippen LogP contribution >= 0.6 is 11.8 Å². The Morgan fingerprint density at radius 3 is 2.26 bits per heavy atom. The third-order valence-corrected chi connectivity index (χ3v) is 13.4. The molecule has 0 spiro atoms. The summed E-state index contributed by atoms with van der Waals surface area (Å²) in [4.78, 5) is 97.3. The number of H-pyrrole nitrogens is 1. The van der Waals surface area contributed by atoms with E-state index in [4.69, 9.17) is 28.4 Å². The highest BCUT2D eigenvalue weighted by Crippen LogP contribution is 2.49. The Hall–Kier alpha value is -3.38. The fourth-order valence-corrected chi connectivity index (χ4v) is 10.4. The van der Waals surface area contributed by atoms with Gasteiger partial charge in [-0.1, -0.05) is 27.7 Å². The van der Waals surface area contributed by atoms with Crippen molar-refractivity contribution in [1.29, 1.82) is 0 Å². The summed E-state index contributed by atoms with van der Waals surface area (Å²) in [5.74, 6) is -7.07. The van der Waals surface area contributed by atoms with E-state index in [1.165, 1.54) is 49.5 Å². The van der Waals surface area contributed by atoms with Crippen LogP contribution in [-0.2, 0) is 58.9 Å². The fraction of sp³-hybridized carbons (Fsp3) is 0.775. The molecule has 3 aliphatic heterocycles. The van der Waals surface area contributed by atoms with E-state index in [2.05, 4.69) is 4.98 Å². The van der Waals surface area contributed by atoms with Crippen molar-refractivity contribution in [3.63, 3.8) is 0 Å². The van der Waals surface area contributed by atoms with Gasteiger partial charge in [-0.15, -0.1) is 11.8 Å². The maximum Gasteiger partial charge on any atom is 0.328 e. The van der Waals surface area contributed by atoms with Gasteiger partial charge in [0.15, 0.2) is 23.8 Å². The lowest BCUT2D eigenvalue weighted by Gasteiger charge is -2.47. The Kier molecular flexibility index (Phi) is 15.2. The van der Waals surface area contributed by atoms with Crippen LogP contribution in [-0.4, -0.2) is 124 Å². The van der Waals surface area contributed by atoms with Gasteiger partial charge in [-0.25, -0.2) is 4.79 Å². The molecular formula is C40H61N3O13S. The van der Waals surface area contributed by atoms with Crippen molar-refractivity contribution < 1.29 is 52.4 Å². The van der Waals surface area contributed by atoms with Crippen molar-refractivity contribution in [2.24, 2.45) is 29.6 Å². The molecule has 0 radical (unpaired) electrons. The van der Waals surface area contributed by atoms with E-state index in [9.17, 15) is 33.6 Å². The van der Waals surface area contributed by atoms with Gasteiger partial charge in [-0.3, -0.25) is 38.3 Å². The van der Waals surface area contributed by atoms with E-state index in [1.807, 2.05) is 25.9 Å². The van der Waals surface area contributed by atoms with Gasteiger partial charge in [0.25, 0.3) is 5.56 Å². The van der Waals surface area contributed by atoms with Crippen molar-refractivity contribution in [1.82, 2.24) is 14.5 Å². The van der Waals surface area contributed by atoms with Crippen molar-refractivity contribution in [3.05, 3.63) is 33.1 Å². The zero-order valence-electron chi connectivity index (χ0n) is 35.2. The van der Waals surface area contributed by atoms with E-state index < -0.39 is 106 Å². The molecule has 16 nitrogen and oxygen atoms in total. The summed E-state index contributed by atoms with van der Waals surface area (Å²) in [5.41, 5.74) is -3.93. The van der Waals surface area contributed by atoms with Crippen LogP contribution in [0.4, 0.5) is 0 Å². The lowest BCUT2D eigenvalue weighted by atomic mass is 9.70. The highest BCUT2D eigenvalue weighted by Gasteiger charge is 2.61. The molecule has 3 saturated heterocycles. The molecule has 0 aliphatic carbocycles. The first-order valence-electron chi connectivity index (χ1n) is 19.7. The minimum absolute atomic E-state index is 0.0633. The molecule has 14 atom stereocenters. The average Bonchev–Trinajstić information content (AvgIpc) is 3.40. The maximum atomic E-state index is 14.7. The van der Waals surface area contributed by atoms with Crippen molar-refractivity contribution in [3.8, 4) is 0 Å². The second kappa shape index (κ2) is 18.7. The number of thioether (sulfide) groups is 1. The SMILES string of the molecule is CC[C@H]1OC(=O)[C@H](C)C(=O)[C@H](C)[C@@H](O[C@@H]2O[C@H](C)C[C@H](N(C)C)[C@H]2OC(C)=O)[C@](C)(OC)C[C@@H](C)C(=O)[C@H](C)[C@H]2[C@H](SCCn3ccc(=O)[nH]c3=O)C(=O)O[C@@]21C. The Bertz CT molecular complexity index is 1770. The minimum atomic E-state index is -1.46. The van der Waals surface area contributed by atoms with E-state index in [-0.39, 0.29) is 43.1 Å². The number of rotatable bonds is 10. The number of esters is 3. The van der Waals surface area contributed by atoms with Gasteiger partial charge in [0, 0.05) is 62.3 Å². The van der Waals surface area contributed by atoms with E-state index >= 15 is 0 Å². The summed E-state index contributed by atoms with van der Waals surface area (Å²) in [6.07, 6.45) is -2.30. The predicted octanol–water partition coefficient (Wildman–Crippen LogP) is 2.77. The topological polar surface area (TPSA) is 199 Å². The molecular weight excluding hydrogens is 763 g/mol. The minimum Gasteiger partial charge on any atom is -0.458 e.